The molecule has 0 aliphatic carbocycles. The molecule has 2 atom stereocenters. The number of aryl methyl sites for hydroxylation is 1. The summed E-state index contributed by atoms with van der Waals surface area (Å²) in [6.45, 7) is 5.81. The van der Waals surface area contributed by atoms with Crippen molar-refractivity contribution in [3.05, 3.63) is 10.0 Å². The number of aliphatic hydroxyl groups is 1. The van der Waals surface area contributed by atoms with Gasteiger partial charge in [0.2, 0.25) is 0 Å². The van der Waals surface area contributed by atoms with Gasteiger partial charge in [-0.2, -0.15) is 0 Å². The molecule has 0 radical (unpaired) electrons. The van der Waals surface area contributed by atoms with Crippen molar-refractivity contribution < 1.29 is 5.11 Å². The van der Waals surface area contributed by atoms with Gasteiger partial charge in [0.15, 0.2) is 0 Å². The highest BCUT2D eigenvalue weighted by Crippen LogP contribution is 2.21. The lowest BCUT2D eigenvalue weighted by Gasteiger charge is -2.20. The van der Waals surface area contributed by atoms with E-state index >= 15 is 0 Å². The Hall–Kier alpha value is -0.520. The Labute approximate surface area is 87.6 Å². The van der Waals surface area contributed by atoms with Crippen molar-refractivity contribution in [1.82, 2.24) is 15.1 Å². The fourth-order valence-corrected chi connectivity index (χ4v) is 2.52. The van der Waals surface area contributed by atoms with E-state index in [4.69, 9.17) is 0 Å². The zero-order valence-corrected chi connectivity index (χ0v) is 9.29. The lowest BCUT2D eigenvalue weighted by Crippen LogP contribution is -2.31. The van der Waals surface area contributed by atoms with Gasteiger partial charge in [-0.15, -0.1) is 21.5 Å². The van der Waals surface area contributed by atoms with E-state index in [1.54, 1.807) is 11.3 Å². The maximum atomic E-state index is 9.58. The SMILES string of the molecule is Cc1nnc(CN2CCC(O)C2C)s1. The van der Waals surface area contributed by atoms with Crippen LogP contribution in [-0.4, -0.2) is 38.9 Å². The molecule has 2 rings (SSSR count). The van der Waals surface area contributed by atoms with Crippen LogP contribution in [0.3, 0.4) is 0 Å². The molecule has 1 aromatic rings. The summed E-state index contributed by atoms with van der Waals surface area (Å²) >= 11 is 1.63. The van der Waals surface area contributed by atoms with Crippen LogP contribution in [0.4, 0.5) is 0 Å². The number of nitrogens with zero attached hydrogens (tertiary/aromatic N) is 3. The van der Waals surface area contributed by atoms with Gasteiger partial charge < -0.3 is 5.11 Å². The van der Waals surface area contributed by atoms with Gasteiger partial charge in [0.25, 0.3) is 0 Å². The zero-order valence-electron chi connectivity index (χ0n) is 8.47. The monoisotopic (exact) mass is 213 g/mol. The molecule has 0 saturated carbocycles. The molecule has 2 heterocycles. The molecule has 0 aromatic carbocycles. The van der Waals surface area contributed by atoms with Crippen LogP contribution in [0.5, 0.6) is 0 Å². The van der Waals surface area contributed by atoms with Gasteiger partial charge in [-0.3, -0.25) is 4.90 Å². The van der Waals surface area contributed by atoms with E-state index in [9.17, 15) is 5.11 Å². The molecular weight excluding hydrogens is 198 g/mol. The molecular formula is C9H15N3OS. The maximum absolute atomic E-state index is 9.58. The Morgan fingerprint density at radius 1 is 1.57 bits per heavy atom. The predicted molar refractivity (Wildman–Crippen MR) is 55.1 cm³/mol. The average molecular weight is 213 g/mol. The summed E-state index contributed by atoms with van der Waals surface area (Å²) in [5.41, 5.74) is 0. The number of likely N-dealkylation sites (tertiary alicyclic amines) is 1. The highest BCUT2D eigenvalue weighted by molar-refractivity contribution is 7.11. The van der Waals surface area contributed by atoms with E-state index in [0.29, 0.717) is 0 Å². The molecule has 1 aliphatic rings. The molecule has 1 fully saturated rings. The van der Waals surface area contributed by atoms with Gasteiger partial charge in [-0.05, 0) is 20.3 Å². The minimum atomic E-state index is -0.177. The molecule has 1 N–H and O–H groups in total. The number of aromatic nitrogens is 2. The summed E-state index contributed by atoms with van der Waals surface area (Å²) in [7, 11) is 0. The highest BCUT2D eigenvalue weighted by atomic mass is 32.1. The molecule has 5 heteroatoms. The summed E-state index contributed by atoms with van der Waals surface area (Å²) in [4.78, 5) is 2.25. The lowest BCUT2D eigenvalue weighted by molar-refractivity contribution is 0.123. The van der Waals surface area contributed by atoms with Gasteiger partial charge >= 0.3 is 0 Å². The van der Waals surface area contributed by atoms with E-state index in [1.165, 1.54) is 0 Å². The Morgan fingerprint density at radius 2 is 2.36 bits per heavy atom. The third kappa shape index (κ3) is 1.94. The summed E-state index contributed by atoms with van der Waals surface area (Å²) in [6, 6.07) is 0.249. The summed E-state index contributed by atoms with van der Waals surface area (Å²) in [6.07, 6.45) is 0.697. The van der Waals surface area contributed by atoms with Crippen molar-refractivity contribution in [3.63, 3.8) is 0 Å². The molecule has 14 heavy (non-hydrogen) atoms. The largest absolute Gasteiger partial charge is 0.391 e. The topological polar surface area (TPSA) is 49.2 Å². The Bertz CT molecular complexity index is 315. The molecule has 0 bridgehead atoms. The molecule has 1 aliphatic heterocycles. The zero-order chi connectivity index (χ0) is 10.1. The lowest BCUT2D eigenvalue weighted by atomic mass is 10.2. The normalized spacial score (nSPS) is 28.5. The number of rotatable bonds is 2. The molecule has 1 saturated heterocycles. The van der Waals surface area contributed by atoms with Gasteiger partial charge in [-0.1, -0.05) is 0 Å². The van der Waals surface area contributed by atoms with Crippen molar-refractivity contribution in [1.29, 1.82) is 0 Å². The molecule has 4 nitrogen and oxygen atoms in total. The summed E-state index contributed by atoms with van der Waals surface area (Å²) < 4.78 is 0. The van der Waals surface area contributed by atoms with Crippen LogP contribution in [0.15, 0.2) is 0 Å². The second-order valence-corrected chi connectivity index (χ2v) is 5.05. The molecule has 2 unspecified atom stereocenters. The highest BCUT2D eigenvalue weighted by Gasteiger charge is 2.29. The molecule has 1 aromatic heterocycles. The van der Waals surface area contributed by atoms with Crippen molar-refractivity contribution in [2.75, 3.05) is 6.54 Å². The number of hydrogen-bond donors (Lipinski definition) is 1. The fraction of sp³-hybridized carbons (Fsp3) is 0.778. The van der Waals surface area contributed by atoms with Gasteiger partial charge in [0, 0.05) is 12.6 Å². The molecule has 0 amide bonds. The maximum Gasteiger partial charge on any atom is 0.131 e. The summed E-state index contributed by atoms with van der Waals surface area (Å²) in [5.74, 6) is 0. The predicted octanol–water partition coefficient (Wildman–Crippen LogP) is 0.802. The molecule has 78 valence electrons. The Balaban J connectivity index is 1.98. The van der Waals surface area contributed by atoms with E-state index < -0.39 is 0 Å². The van der Waals surface area contributed by atoms with Crippen LogP contribution in [-0.2, 0) is 6.54 Å². The molecule has 0 spiro atoms. The van der Waals surface area contributed by atoms with Crippen LogP contribution < -0.4 is 0 Å². The van der Waals surface area contributed by atoms with Crippen molar-refractivity contribution >= 4 is 11.3 Å². The van der Waals surface area contributed by atoms with Crippen molar-refractivity contribution in [2.24, 2.45) is 0 Å². The first kappa shape index (κ1) is 10.0. The third-order valence-electron chi connectivity index (χ3n) is 2.75. The van der Waals surface area contributed by atoms with Crippen LogP contribution >= 0.6 is 11.3 Å². The van der Waals surface area contributed by atoms with Gasteiger partial charge in [0.05, 0.1) is 12.6 Å². The number of aliphatic hydroxyl groups excluding tert-OH is 1. The second-order valence-electron chi connectivity index (χ2n) is 3.78. The first-order chi connectivity index (χ1) is 6.66. The van der Waals surface area contributed by atoms with E-state index in [1.807, 2.05) is 6.92 Å². The van der Waals surface area contributed by atoms with Crippen LogP contribution in [0.25, 0.3) is 0 Å². The van der Waals surface area contributed by atoms with Gasteiger partial charge in [0.1, 0.15) is 10.0 Å². The smallest absolute Gasteiger partial charge is 0.131 e. The first-order valence-corrected chi connectivity index (χ1v) is 5.69. The summed E-state index contributed by atoms with van der Waals surface area (Å²) in [5, 5.41) is 19.7. The standard InChI is InChI=1S/C9H15N3OS/c1-6-8(13)3-4-12(6)5-9-11-10-7(2)14-9/h6,8,13H,3-5H2,1-2H3. The van der Waals surface area contributed by atoms with Crippen LogP contribution in [0, 0.1) is 6.92 Å². The van der Waals surface area contributed by atoms with E-state index in [0.717, 1.165) is 29.5 Å². The van der Waals surface area contributed by atoms with Crippen molar-refractivity contribution in [2.45, 2.75) is 39.0 Å². The quantitative estimate of drug-likeness (QED) is 0.789. The Morgan fingerprint density at radius 3 is 2.86 bits per heavy atom. The van der Waals surface area contributed by atoms with Gasteiger partial charge in [-0.25, -0.2) is 0 Å². The van der Waals surface area contributed by atoms with E-state index in [-0.39, 0.29) is 12.1 Å². The minimum Gasteiger partial charge on any atom is -0.391 e. The van der Waals surface area contributed by atoms with Crippen molar-refractivity contribution in [3.8, 4) is 0 Å². The minimum absolute atomic E-state index is 0.177. The Kier molecular flexibility index (Phi) is 2.80. The fourth-order valence-electron chi connectivity index (χ4n) is 1.78. The third-order valence-corrected chi connectivity index (χ3v) is 3.57. The number of hydrogen-bond acceptors (Lipinski definition) is 5. The van der Waals surface area contributed by atoms with Crippen LogP contribution in [0.1, 0.15) is 23.4 Å². The average Bonchev–Trinajstić information content (AvgIpc) is 2.67. The van der Waals surface area contributed by atoms with Crippen LogP contribution in [0.2, 0.25) is 0 Å². The second kappa shape index (κ2) is 3.92. The first-order valence-electron chi connectivity index (χ1n) is 4.88. The van der Waals surface area contributed by atoms with E-state index in [2.05, 4.69) is 22.0 Å².